The van der Waals surface area contributed by atoms with Crippen LogP contribution in [0, 0.1) is 0 Å². The second kappa shape index (κ2) is 9.09. The lowest BCUT2D eigenvalue weighted by molar-refractivity contribution is 0.00997. The van der Waals surface area contributed by atoms with E-state index in [0.29, 0.717) is 19.0 Å². The summed E-state index contributed by atoms with van der Waals surface area (Å²) < 4.78 is 14.8. The molecule has 0 radical (unpaired) electrons. The quantitative estimate of drug-likeness (QED) is 0.774. The predicted octanol–water partition coefficient (Wildman–Crippen LogP) is 1.81. The highest BCUT2D eigenvalue weighted by Crippen LogP contribution is 2.09. The normalized spacial score (nSPS) is 28.4. The maximum atomic E-state index is 8.70. The molecule has 0 spiro atoms. The molecule has 15 heavy (non-hydrogen) atoms. The van der Waals surface area contributed by atoms with Gasteiger partial charge in [-0.3, -0.25) is 0 Å². The lowest BCUT2D eigenvalue weighted by Crippen LogP contribution is -2.20. The minimum atomic E-state index is -0.356. The molecule has 0 aromatic rings. The molecule has 1 saturated heterocycles. The van der Waals surface area contributed by atoms with Gasteiger partial charge in [0.25, 0.3) is 0 Å². The van der Waals surface area contributed by atoms with Crippen LogP contribution >= 0.6 is 0 Å². The van der Waals surface area contributed by atoms with Crippen LogP contribution in [-0.4, -0.2) is 43.4 Å². The third kappa shape index (κ3) is 7.73. The first-order valence-electron chi connectivity index (χ1n) is 4.93. The lowest BCUT2D eigenvalue weighted by Gasteiger charge is -2.10. The summed E-state index contributed by atoms with van der Waals surface area (Å²) in [6.07, 6.45) is 0.185. The van der Waals surface area contributed by atoms with Gasteiger partial charge in [-0.25, -0.2) is 0 Å². The van der Waals surface area contributed by atoms with E-state index < -0.39 is 0 Å². The number of ether oxygens (including phenoxy) is 3. The Morgan fingerprint density at radius 2 is 1.60 bits per heavy atom. The van der Waals surface area contributed by atoms with E-state index in [1.54, 1.807) is 14.0 Å². The van der Waals surface area contributed by atoms with Crippen LogP contribution in [0.5, 0.6) is 0 Å². The van der Waals surface area contributed by atoms with E-state index in [0.717, 1.165) is 0 Å². The van der Waals surface area contributed by atoms with Crippen molar-refractivity contribution >= 4 is 0 Å². The van der Waals surface area contributed by atoms with Gasteiger partial charge in [0.1, 0.15) is 6.79 Å². The lowest BCUT2D eigenvalue weighted by atomic mass is 10.3. The fourth-order valence-corrected chi connectivity index (χ4v) is 0.722. The number of methoxy groups -OCH3 is 1. The molecule has 94 valence electrons. The molecule has 4 nitrogen and oxygen atoms in total. The molecule has 1 rings (SSSR count). The van der Waals surface area contributed by atoms with Crippen LogP contribution in [0.4, 0.5) is 0 Å². The predicted molar refractivity (Wildman–Crippen MR) is 60.8 cm³/mol. The van der Waals surface area contributed by atoms with Gasteiger partial charge in [0.15, 0.2) is 0 Å². The van der Waals surface area contributed by atoms with Crippen LogP contribution in [0.2, 0.25) is 0 Å². The zero-order valence-electron chi connectivity index (χ0n) is 9.69. The molecule has 0 saturated carbocycles. The van der Waals surface area contributed by atoms with Crippen LogP contribution in [0.15, 0.2) is 0 Å². The highest BCUT2D eigenvalue weighted by Gasteiger charge is 2.18. The summed E-state index contributed by atoms with van der Waals surface area (Å²) in [5.41, 5.74) is 0. The molecular formula is C11H26O4. The van der Waals surface area contributed by atoms with E-state index in [9.17, 15) is 0 Å². The molecule has 0 aliphatic carbocycles. The zero-order chi connectivity index (χ0) is 11.1. The first kappa shape index (κ1) is 17.2. The van der Waals surface area contributed by atoms with Gasteiger partial charge in [-0.15, -0.1) is 0 Å². The van der Waals surface area contributed by atoms with E-state index in [2.05, 4.69) is 0 Å². The van der Waals surface area contributed by atoms with Crippen LogP contribution in [0.1, 0.15) is 35.1 Å². The van der Waals surface area contributed by atoms with Crippen LogP contribution < -0.4 is 0 Å². The van der Waals surface area contributed by atoms with Crippen molar-refractivity contribution < 1.29 is 19.3 Å². The summed E-state index contributed by atoms with van der Waals surface area (Å²) in [5.74, 6) is 0. The number of hydrogen-bond donors (Lipinski definition) is 1. The standard InChI is InChI=1S/C5H10O2.C5H12O2.CH4/c1-4-5(2)7-3-6-4;1-4(6)5(2)7-3;/h4-5H,3H2,1-2H3;4-6H,1-3H3;1H4. The van der Waals surface area contributed by atoms with Crippen molar-refractivity contribution in [3.8, 4) is 0 Å². The van der Waals surface area contributed by atoms with Gasteiger partial charge in [-0.2, -0.15) is 0 Å². The van der Waals surface area contributed by atoms with Gasteiger partial charge in [-0.05, 0) is 27.7 Å². The molecule has 1 heterocycles. The fraction of sp³-hybridized carbons (Fsp3) is 1.00. The van der Waals surface area contributed by atoms with Crippen molar-refractivity contribution in [1.29, 1.82) is 0 Å². The molecule has 1 N–H and O–H groups in total. The van der Waals surface area contributed by atoms with E-state index >= 15 is 0 Å². The highest BCUT2D eigenvalue weighted by atomic mass is 16.7. The summed E-state index contributed by atoms with van der Waals surface area (Å²) in [6.45, 7) is 8.02. The molecule has 0 aromatic heterocycles. The molecule has 0 amide bonds. The minimum absolute atomic E-state index is 0. The van der Waals surface area contributed by atoms with E-state index in [4.69, 9.17) is 19.3 Å². The molecule has 0 bridgehead atoms. The third-order valence-electron chi connectivity index (χ3n) is 2.37. The summed E-state index contributed by atoms with van der Waals surface area (Å²) in [6, 6.07) is 0. The van der Waals surface area contributed by atoms with Gasteiger partial charge in [0, 0.05) is 7.11 Å². The Morgan fingerprint density at radius 3 is 1.67 bits per heavy atom. The third-order valence-corrected chi connectivity index (χ3v) is 2.37. The Labute approximate surface area is 93.5 Å². The summed E-state index contributed by atoms with van der Waals surface area (Å²) in [4.78, 5) is 0. The van der Waals surface area contributed by atoms with Gasteiger partial charge < -0.3 is 19.3 Å². The topological polar surface area (TPSA) is 47.9 Å². The van der Waals surface area contributed by atoms with Crippen molar-refractivity contribution in [2.45, 2.75) is 59.5 Å². The van der Waals surface area contributed by atoms with Crippen LogP contribution in [0.25, 0.3) is 0 Å². The Kier molecular flexibility index (Phi) is 10.5. The summed E-state index contributed by atoms with van der Waals surface area (Å²) >= 11 is 0. The molecule has 4 unspecified atom stereocenters. The Bertz CT molecular complexity index is 131. The summed E-state index contributed by atoms with van der Waals surface area (Å²) in [7, 11) is 1.58. The minimum Gasteiger partial charge on any atom is -0.391 e. The zero-order valence-corrected chi connectivity index (χ0v) is 9.69. The molecule has 4 heteroatoms. The largest absolute Gasteiger partial charge is 0.391 e. The molecule has 1 aliphatic heterocycles. The average Bonchev–Trinajstić information content (AvgIpc) is 2.50. The molecule has 0 aromatic carbocycles. The first-order valence-corrected chi connectivity index (χ1v) is 4.93. The average molecular weight is 222 g/mol. The highest BCUT2D eigenvalue weighted by molar-refractivity contribution is 4.62. The van der Waals surface area contributed by atoms with Crippen molar-refractivity contribution in [2.75, 3.05) is 13.9 Å². The van der Waals surface area contributed by atoms with Crippen molar-refractivity contribution in [1.82, 2.24) is 0 Å². The monoisotopic (exact) mass is 222 g/mol. The van der Waals surface area contributed by atoms with Crippen LogP contribution in [-0.2, 0) is 14.2 Å². The maximum Gasteiger partial charge on any atom is 0.147 e. The molecule has 4 atom stereocenters. The fourth-order valence-electron chi connectivity index (χ4n) is 0.722. The first-order chi connectivity index (χ1) is 6.49. The smallest absolute Gasteiger partial charge is 0.147 e. The van der Waals surface area contributed by atoms with Crippen molar-refractivity contribution in [2.24, 2.45) is 0 Å². The van der Waals surface area contributed by atoms with Crippen molar-refractivity contribution in [3.05, 3.63) is 0 Å². The molecular weight excluding hydrogens is 196 g/mol. The van der Waals surface area contributed by atoms with Crippen molar-refractivity contribution in [3.63, 3.8) is 0 Å². The molecule has 1 aliphatic rings. The molecule has 1 fully saturated rings. The second-order valence-electron chi connectivity index (χ2n) is 3.54. The van der Waals surface area contributed by atoms with E-state index in [1.165, 1.54) is 0 Å². The number of aliphatic hydroxyl groups excluding tert-OH is 1. The number of aliphatic hydroxyl groups is 1. The summed E-state index contributed by atoms with van der Waals surface area (Å²) in [5, 5.41) is 8.70. The maximum absolute atomic E-state index is 8.70. The number of hydrogen-bond acceptors (Lipinski definition) is 4. The van der Waals surface area contributed by atoms with Gasteiger partial charge in [0.2, 0.25) is 0 Å². The van der Waals surface area contributed by atoms with Gasteiger partial charge in [-0.1, -0.05) is 7.43 Å². The van der Waals surface area contributed by atoms with E-state index in [1.807, 2.05) is 20.8 Å². The van der Waals surface area contributed by atoms with E-state index in [-0.39, 0.29) is 19.6 Å². The Hall–Kier alpha value is -0.160. The number of rotatable bonds is 2. The second-order valence-corrected chi connectivity index (χ2v) is 3.54. The Morgan fingerprint density at radius 1 is 1.20 bits per heavy atom. The van der Waals surface area contributed by atoms with Gasteiger partial charge in [0.05, 0.1) is 24.4 Å². The van der Waals surface area contributed by atoms with Crippen LogP contribution in [0.3, 0.4) is 0 Å². The SMILES string of the molecule is C.CC1OCOC1C.COC(C)C(C)O. The Balaban J connectivity index is 0. The van der Waals surface area contributed by atoms with Gasteiger partial charge >= 0.3 is 0 Å².